The average Bonchev–Trinajstić information content (AvgIpc) is 3.35. The Morgan fingerprint density at radius 3 is 2.70 bits per heavy atom. The van der Waals surface area contributed by atoms with Crippen LogP contribution in [0.15, 0.2) is 97.5 Å². The Morgan fingerprint density at radius 1 is 0.970 bits per heavy atom. The van der Waals surface area contributed by atoms with E-state index >= 15 is 0 Å². The van der Waals surface area contributed by atoms with E-state index in [1.165, 1.54) is 23.3 Å². The van der Waals surface area contributed by atoms with Crippen LogP contribution in [0.1, 0.15) is 17.3 Å². The molecule has 2 aliphatic heterocycles. The van der Waals surface area contributed by atoms with Crippen LogP contribution in [0.5, 0.6) is 0 Å². The fourth-order valence-corrected chi connectivity index (χ4v) is 4.05. The van der Waals surface area contributed by atoms with Gasteiger partial charge in [0.1, 0.15) is 0 Å². The van der Waals surface area contributed by atoms with Gasteiger partial charge in [0, 0.05) is 18.6 Å². The maximum atomic E-state index is 13.3. The molecule has 0 N–H and O–H groups in total. The molecule has 0 bridgehead atoms. The Balaban J connectivity index is 0.000000162. The van der Waals surface area contributed by atoms with Crippen LogP contribution in [-0.2, 0) is 26.5 Å². The molecule has 0 aliphatic carbocycles. The molecular formula is C28H21FIrN3. The van der Waals surface area contributed by atoms with Gasteiger partial charge in [-0.2, -0.15) is 41.6 Å². The van der Waals surface area contributed by atoms with Crippen LogP contribution < -0.4 is 0 Å². The predicted molar refractivity (Wildman–Crippen MR) is 125 cm³/mol. The quantitative estimate of drug-likeness (QED) is 0.241. The number of benzene rings is 3. The Hall–Kier alpha value is -3.27. The van der Waals surface area contributed by atoms with E-state index in [4.69, 9.17) is 0 Å². The summed E-state index contributed by atoms with van der Waals surface area (Å²) in [6, 6.07) is 30.7. The minimum absolute atomic E-state index is 0. The van der Waals surface area contributed by atoms with Crippen LogP contribution >= 0.6 is 0 Å². The topological polar surface area (TPSA) is 30.2 Å². The normalized spacial score (nSPS) is 15.3. The van der Waals surface area contributed by atoms with Crippen molar-refractivity contribution < 1.29 is 24.5 Å². The van der Waals surface area contributed by atoms with Crippen molar-refractivity contribution in [1.29, 1.82) is 0 Å². The molecule has 164 valence electrons. The van der Waals surface area contributed by atoms with Crippen molar-refractivity contribution in [3.05, 3.63) is 132 Å². The molecule has 0 spiro atoms. The molecule has 33 heavy (non-hydrogen) atoms. The van der Waals surface area contributed by atoms with Gasteiger partial charge in [-0.3, -0.25) is 0 Å². The first kappa shape index (κ1) is 22.9. The van der Waals surface area contributed by atoms with Crippen LogP contribution in [0, 0.1) is 17.9 Å². The number of nitrogens with zero attached hydrogens (tertiary/aromatic N) is 3. The second-order valence-electron chi connectivity index (χ2n) is 7.60. The molecule has 1 unspecified atom stereocenters. The number of pyridine rings is 1. The summed E-state index contributed by atoms with van der Waals surface area (Å²) in [5.41, 5.74) is 6.09. The second kappa shape index (κ2) is 10.6. The summed E-state index contributed by atoms with van der Waals surface area (Å²) < 4.78 is 13.3. The number of hydrogen-bond donors (Lipinski definition) is 0. The maximum absolute atomic E-state index is 13.3. The van der Waals surface area contributed by atoms with E-state index in [1.807, 2.05) is 54.7 Å². The van der Waals surface area contributed by atoms with Crippen molar-refractivity contribution in [3.8, 4) is 22.4 Å². The van der Waals surface area contributed by atoms with Gasteiger partial charge in [-0.25, -0.2) is 4.39 Å². The molecule has 6 rings (SSSR count). The molecule has 0 amide bonds. The van der Waals surface area contributed by atoms with Gasteiger partial charge in [0.15, 0.2) is 0 Å². The molecule has 0 saturated heterocycles. The molecule has 3 aromatic carbocycles. The fourth-order valence-electron chi connectivity index (χ4n) is 4.05. The first-order chi connectivity index (χ1) is 15.8. The Labute approximate surface area is 207 Å². The van der Waals surface area contributed by atoms with Gasteiger partial charge >= 0.3 is 20.1 Å². The van der Waals surface area contributed by atoms with Crippen molar-refractivity contribution in [3.63, 3.8) is 0 Å². The van der Waals surface area contributed by atoms with E-state index in [2.05, 4.69) is 45.7 Å². The molecule has 3 heterocycles. The molecule has 0 saturated carbocycles. The smallest absolute Gasteiger partial charge is 0.668 e. The van der Waals surface area contributed by atoms with Crippen LogP contribution in [-0.4, -0.2) is 16.4 Å². The van der Waals surface area contributed by atoms with Crippen LogP contribution in [0.2, 0.25) is 0 Å². The summed E-state index contributed by atoms with van der Waals surface area (Å²) in [5, 5.41) is 4.41. The fraction of sp³-hybridized carbons (Fsp3) is 0.107. The van der Waals surface area contributed by atoms with Gasteiger partial charge in [0.2, 0.25) is 0 Å². The molecule has 3 nitrogen and oxygen atoms in total. The van der Waals surface area contributed by atoms with E-state index in [0.29, 0.717) is 5.56 Å². The molecular weight excluding hydrogens is 590 g/mol. The first-order valence-electron chi connectivity index (χ1n) is 10.6. The summed E-state index contributed by atoms with van der Waals surface area (Å²) in [6.45, 7) is 1.08. The van der Waals surface area contributed by atoms with E-state index in [1.54, 1.807) is 12.3 Å². The molecule has 5 heteroatoms. The number of halogens is 1. The van der Waals surface area contributed by atoms with Gasteiger partial charge in [-0.15, -0.1) is 29.8 Å². The zero-order valence-electron chi connectivity index (χ0n) is 17.8. The largest absolute Gasteiger partial charge is 3.00 e. The predicted octanol–water partition coefficient (Wildman–Crippen LogP) is 6.55. The van der Waals surface area contributed by atoms with Gasteiger partial charge in [-0.1, -0.05) is 42.8 Å². The molecule has 2 aliphatic rings. The third-order valence-electron chi connectivity index (χ3n) is 5.59. The summed E-state index contributed by atoms with van der Waals surface area (Å²) in [7, 11) is 0. The van der Waals surface area contributed by atoms with E-state index < -0.39 is 0 Å². The van der Waals surface area contributed by atoms with Gasteiger partial charge in [-0.05, 0) is 35.3 Å². The van der Waals surface area contributed by atoms with Crippen LogP contribution in [0.4, 0.5) is 4.39 Å². The van der Waals surface area contributed by atoms with E-state index in [9.17, 15) is 4.39 Å². The zero-order chi connectivity index (χ0) is 21.8. The third-order valence-corrected chi connectivity index (χ3v) is 5.59. The molecule has 4 aromatic rings. The number of rotatable bonds is 2. The Bertz CT molecular complexity index is 1240. The monoisotopic (exact) mass is 611 g/mol. The average molecular weight is 611 g/mol. The summed E-state index contributed by atoms with van der Waals surface area (Å²) in [6.07, 6.45) is 6.99. The molecule has 0 radical (unpaired) electrons. The van der Waals surface area contributed by atoms with Crippen LogP contribution in [0.25, 0.3) is 27.7 Å². The minimum atomic E-state index is -0.279. The SMILES string of the molecule is Fc1cc[c-]c(-c2ncccc2-c2ccccc2)c1.[Ir+3].[c-]1cccc2c1C1[N-]C=CN1CC2. The van der Waals surface area contributed by atoms with Crippen molar-refractivity contribution in [2.45, 2.75) is 12.6 Å². The summed E-state index contributed by atoms with van der Waals surface area (Å²) >= 11 is 0. The maximum Gasteiger partial charge on any atom is 3.00 e. The Kier molecular flexibility index (Phi) is 7.33. The Morgan fingerprint density at radius 2 is 1.85 bits per heavy atom. The van der Waals surface area contributed by atoms with Crippen molar-refractivity contribution >= 4 is 0 Å². The third kappa shape index (κ3) is 5.05. The van der Waals surface area contributed by atoms with Crippen molar-refractivity contribution in [2.24, 2.45) is 0 Å². The number of aromatic nitrogens is 1. The van der Waals surface area contributed by atoms with Gasteiger partial charge in [0.25, 0.3) is 0 Å². The van der Waals surface area contributed by atoms with Gasteiger partial charge < -0.3 is 15.2 Å². The van der Waals surface area contributed by atoms with E-state index in [-0.39, 0.29) is 32.1 Å². The first-order valence-corrected chi connectivity index (χ1v) is 10.6. The second-order valence-corrected chi connectivity index (χ2v) is 7.60. The molecule has 1 atom stereocenters. The summed E-state index contributed by atoms with van der Waals surface area (Å²) in [4.78, 5) is 6.63. The van der Waals surface area contributed by atoms with Crippen LogP contribution in [0.3, 0.4) is 0 Å². The standard InChI is InChI=1S/C17H11FN.C11H10N2.Ir/c18-15-9-4-8-14(12-15)17-16(10-5-11-19-17)13-6-2-1-3-7-13;1-2-4-10-9(3-1)5-7-13-8-6-12-11(10)13;/h1-7,9-12H;1-3,6,8,11H,5,7H2;/q-1;-2;+3. The molecule has 1 aromatic heterocycles. The van der Waals surface area contributed by atoms with Crippen molar-refractivity contribution in [1.82, 2.24) is 9.88 Å². The molecule has 0 fully saturated rings. The van der Waals surface area contributed by atoms with Gasteiger partial charge in [0.05, 0.1) is 0 Å². The van der Waals surface area contributed by atoms with E-state index in [0.717, 1.165) is 29.8 Å². The number of fused-ring (bicyclic) bond motifs is 3. The number of hydrogen-bond acceptors (Lipinski definition) is 2. The summed E-state index contributed by atoms with van der Waals surface area (Å²) in [5.74, 6) is -0.279. The minimum Gasteiger partial charge on any atom is -0.668 e. The zero-order valence-corrected chi connectivity index (χ0v) is 20.2. The van der Waals surface area contributed by atoms with Crippen molar-refractivity contribution in [2.75, 3.05) is 6.54 Å².